The highest BCUT2D eigenvalue weighted by Gasteiger charge is 2.43. The van der Waals surface area contributed by atoms with Gasteiger partial charge in [0.1, 0.15) is 5.60 Å². The van der Waals surface area contributed by atoms with Gasteiger partial charge in [0.05, 0.1) is 5.92 Å². The Hall–Kier alpha value is -1.51. The lowest BCUT2D eigenvalue weighted by atomic mass is 9.80. The number of hydrogen-bond acceptors (Lipinski definition) is 4. The molecular formula is C20H34F3N3O3. The molecule has 1 saturated heterocycles. The van der Waals surface area contributed by atoms with E-state index in [1.807, 2.05) is 20.8 Å². The summed E-state index contributed by atoms with van der Waals surface area (Å²) in [5.41, 5.74) is -0.509. The number of ether oxygens (including phenoxy) is 1. The van der Waals surface area contributed by atoms with Crippen LogP contribution >= 0.6 is 0 Å². The van der Waals surface area contributed by atoms with Crippen molar-refractivity contribution < 1.29 is 27.5 Å². The van der Waals surface area contributed by atoms with Crippen LogP contribution in [0.5, 0.6) is 0 Å². The van der Waals surface area contributed by atoms with E-state index in [4.69, 9.17) is 4.74 Å². The second-order valence-electron chi connectivity index (χ2n) is 9.06. The third-order valence-corrected chi connectivity index (χ3v) is 5.48. The van der Waals surface area contributed by atoms with Crippen LogP contribution in [-0.2, 0) is 9.53 Å². The Balaban J connectivity index is 1.61. The van der Waals surface area contributed by atoms with Gasteiger partial charge in [0.2, 0.25) is 5.91 Å². The second-order valence-corrected chi connectivity index (χ2v) is 9.06. The van der Waals surface area contributed by atoms with E-state index >= 15 is 0 Å². The zero-order valence-electron chi connectivity index (χ0n) is 17.7. The van der Waals surface area contributed by atoms with E-state index in [9.17, 15) is 22.8 Å². The summed E-state index contributed by atoms with van der Waals surface area (Å²) in [4.78, 5) is 28.2. The number of piperazine rings is 1. The fourth-order valence-corrected chi connectivity index (χ4v) is 3.86. The number of halogens is 3. The normalized spacial score (nSPS) is 24.3. The average molecular weight is 422 g/mol. The summed E-state index contributed by atoms with van der Waals surface area (Å²) in [6, 6.07) is 0. The van der Waals surface area contributed by atoms with Gasteiger partial charge < -0.3 is 15.0 Å². The van der Waals surface area contributed by atoms with Crippen LogP contribution in [0.3, 0.4) is 0 Å². The quantitative estimate of drug-likeness (QED) is 0.691. The number of hydrogen-bond donors (Lipinski definition) is 1. The summed E-state index contributed by atoms with van der Waals surface area (Å²) in [5.74, 6) is -2.14. The smallest absolute Gasteiger partial charge is 0.410 e. The zero-order chi connectivity index (χ0) is 21.7. The summed E-state index contributed by atoms with van der Waals surface area (Å²) in [7, 11) is 0. The van der Waals surface area contributed by atoms with Crippen molar-refractivity contribution in [2.45, 2.75) is 64.7 Å². The van der Waals surface area contributed by atoms with E-state index in [2.05, 4.69) is 10.2 Å². The minimum atomic E-state index is -4.21. The maximum atomic E-state index is 12.9. The van der Waals surface area contributed by atoms with Gasteiger partial charge >= 0.3 is 12.3 Å². The molecule has 2 fully saturated rings. The summed E-state index contributed by atoms with van der Waals surface area (Å²) in [5, 5.41) is 2.80. The highest BCUT2D eigenvalue weighted by Crippen LogP contribution is 2.39. The SMILES string of the molecule is CC(C)(C)OC(=O)N1CCN(CCCNC(=O)C2CCCC(C(F)(F)F)C2)CC1. The van der Waals surface area contributed by atoms with Gasteiger partial charge in [0.15, 0.2) is 0 Å². The second kappa shape index (κ2) is 10.00. The predicted octanol–water partition coefficient (Wildman–Crippen LogP) is 3.41. The lowest BCUT2D eigenvalue weighted by molar-refractivity contribution is -0.186. The minimum absolute atomic E-state index is 0.0953. The van der Waals surface area contributed by atoms with Crippen molar-refractivity contribution in [1.29, 1.82) is 0 Å². The van der Waals surface area contributed by atoms with Crippen LogP contribution in [0, 0.1) is 11.8 Å². The van der Waals surface area contributed by atoms with E-state index < -0.39 is 23.6 Å². The molecule has 2 amide bonds. The molecule has 2 rings (SSSR count). The highest BCUT2D eigenvalue weighted by molar-refractivity contribution is 5.78. The maximum Gasteiger partial charge on any atom is 0.410 e. The monoisotopic (exact) mass is 421 g/mol. The van der Waals surface area contributed by atoms with E-state index in [1.54, 1.807) is 4.90 Å². The van der Waals surface area contributed by atoms with Gasteiger partial charge in [-0.1, -0.05) is 6.42 Å². The molecule has 29 heavy (non-hydrogen) atoms. The summed E-state index contributed by atoms with van der Waals surface area (Å²) >= 11 is 0. The number of alkyl halides is 3. The van der Waals surface area contributed by atoms with Crippen LogP contribution in [0.25, 0.3) is 0 Å². The van der Waals surface area contributed by atoms with Crippen molar-refractivity contribution in [3.05, 3.63) is 0 Å². The Morgan fingerprint density at radius 3 is 2.31 bits per heavy atom. The van der Waals surface area contributed by atoms with Crippen LogP contribution in [0.4, 0.5) is 18.0 Å². The Morgan fingerprint density at radius 2 is 1.72 bits per heavy atom. The summed E-state index contributed by atoms with van der Waals surface area (Å²) in [6.45, 7) is 9.43. The van der Waals surface area contributed by atoms with Crippen LogP contribution in [0.1, 0.15) is 52.9 Å². The molecule has 1 aliphatic heterocycles. The lowest BCUT2D eigenvalue weighted by Gasteiger charge is -2.35. The van der Waals surface area contributed by atoms with E-state index in [-0.39, 0.29) is 24.8 Å². The molecule has 2 unspecified atom stereocenters. The van der Waals surface area contributed by atoms with Crippen molar-refractivity contribution in [2.24, 2.45) is 11.8 Å². The molecule has 0 bridgehead atoms. The molecule has 6 nitrogen and oxygen atoms in total. The first-order valence-electron chi connectivity index (χ1n) is 10.5. The first kappa shape index (κ1) is 23.8. The van der Waals surface area contributed by atoms with E-state index in [1.165, 1.54) is 0 Å². The molecule has 168 valence electrons. The number of carbonyl (C=O) groups excluding carboxylic acids is 2. The molecule has 9 heteroatoms. The Labute approximate surface area is 171 Å². The number of amides is 2. The van der Waals surface area contributed by atoms with Crippen molar-refractivity contribution in [2.75, 3.05) is 39.3 Å². The van der Waals surface area contributed by atoms with Crippen LogP contribution in [-0.4, -0.2) is 72.8 Å². The number of nitrogens with zero attached hydrogens (tertiary/aromatic N) is 2. The van der Waals surface area contributed by atoms with Crippen molar-refractivity contribution in [3.63, 3.8) is 0 Å². The Bertz CT molecular complexity index is 555. The van der Waals surface area contributed by atoms with Crippen LogP contribution in [0.2, 0.25) is 0 Å². The largest absolute Gasteiger partial charge is 0.444 e. The number of nitrogens with one attached hydrogen (secondary N) is 1. The minimum Gasteiger partial charge on any atom is -0.444 e. The van der Waals surface area contributed by atoms with Gasteiger partial charge in [0, 0.05) is 38.6 Å². The third-order valence-electron chi connectivity index (χ3n) is 5.48. The molecule has 2 aliphatic rings. The molecule has 2 atom stereocenters. The number of carbonyl (C=O) groups is 2. The van der Waals surface area contributed by atoms with Gasteiger partial charge in [-0.25, -0.2) is 4.79 Å². The average Bonchev–Trinajstić information content (AvgIpc) is 2.63. The molecule has 0 aromatic rings. The molecular weight excluding hydrogens is 387 g/mol. The van der Waals surface area contributed by atoms with E-state index in [0.29, 0.717) is 32.5 Å². The fourth-order valence-electron chi connectivity index (χ4n) is 3.86. The summed E-state index contributed by atoms with van der Waals surface area (Å²) < 4.78 is 44.0. The van der Waals surface area contributed by atoms with Crippen LogP contribution < -0.4 is 5.32 Å². The molecule has 0 aromatic carbocycles. The molecule has 0 radical (unpaired) electrons. The van der Waals surface area contributed by atoms with Gasteiger partial charge in [-0.15, -0.1) is 0 Å². The standard InChI is InChI=1S/C20H34F3N3O3/c1-19(2,3)29-18(28)26-12-10-25(11-13-26)9-5-8-24-17(27)15-6-4-7-16(14-15)20(21,22)23/h15-16H,4-14H2,1-3H3,(H,24,27). The first-order valence-corrected chi connectivity index (χ1v) is 10.5. The van der Waals surface area contributed by atoms with Gasteiger partial charge in [0.25, 0.3) is 0 Å². The molecule has 0 aromatic heterocycles. The van der Waals surface area contributed by atoms with Crippen LogP contribution in [0.15, 0.2) is 0 Å². The van der Waals surface area contributed by atoms with Gasteiger partial charge in [-0.2, -0.15) is 13.2 Å². The highest BCUT2D eigenvalue weighted by atomic mass is 19.4. The Kier molecular flexibility index (Phi) is 8.19. The van der Waals surface area contributed by atoms with Crippen molar-refractivity contribution >= 4 is 12.0 Å². The molecule has 1 heterocycles. The van der Waals surface area contributed by atoms with E-state index in [0.717, 1.165) is 26.1 Å². The molecule has 1 saturated carbocycles. The fraction of sp³-hybridized carbons (Fsp3) is 0.900. The maximum absolute atomic E-state index is 12.9. The lowest BCUT2D eigenvalue weighted by Crippen LogP contribution is -2.50. The zero-order valence-corrected chi connectivity index (χ0v) is 17.7. The molecule has 0 spiro atoms. The van der Waals surface area contributed by atoms with Gasteiger partial charge in [-0.05, 0) is 53.0 Å². The summed E-state index contributed by atoms with van der Waals surface area (Å²) in [6.07, 6.45) is -2.76. The first-order chi connectivity index (χ1) is 13.5. The van der Waals surface area contributed by atoms with Gasteiger partial charge in [-0.3, -0.25) is 9.69 Å². The third kappa shape index (κ3) is 8.03. The van der Waals surface area contributed by atoms with Crippen molar-refractivity contribution in [1.82, 2.24) is 15.1 Å². The molecule has 1 N–H and O–H groups in total. The molecule has 1 aliphatic carbocycles. The predicted molar refractivity (Wildman–Crippen MR) is 103 cm³/mol. The number of rotatable bonds is 5. The van der Waals surface area contributed by atoms with Crippen molar-refractivity contribution in [3.8, 4) is 0 Å². The topological polar surface area (TPSA) is 61.9 Å². The Morgan fingerprint density at radius 1 is 1.07 bits per heavy atom.